The maximum absolute atomic E-state index is 13.1. The van der Waals surface area contributed by atoms with E-state index in [1.165, 1.54) is 41.0 Å². The van der Waals surface area contributed by atoms with E-state index < -0.39 is 34.1 Å². The molecule has 3 aromatic rings. The largest absolute Gasteiger partial charge is 0.417 e. The number of esters is 1. The summed E-state index contributed by atoms with van der Waals surface area (Å²) < 4.78 is 6.49. The molecule has 2 amide bonds. The minimum atomic E-state index is -0.969. The average Bonchev–Trinajstić information content (AvgIpc) is 3.35. The predicted octanol–water partition coefficient (Wildman–Crippen LogP) is 1.92. The lowest BCUT2D eigenvalue weighted by atomic mass is 10.1. The van der Waals surface area contributed by atoms with Crippen LogP contribution in [0, 0.1) is 10.1 Å². The van der Waals surface area contributed by atoms with Gasteiger partial charge in [0.1, 0.15) is 6.33 Å². The normalized spacial score (nSPS) is 13.8. The van der Waals surface area contributed by atoms with Crippen LogP contribution in [0.4, 0.5) is 17.1 Å². The molecule has 0 aliphatic carbocycles. The molecule has 0 atom stereocenters. The summed E-state index contributed by atoms with van der Waals surface area (Å²) in [5.41, 5.74) is 0.157. The lowest BCUT2D eigenvalue weighted by Gasteiger charge is -2.34. The second-order valence-corrected chi connectivity index (χ2v) is 7.45. The van der Waals surface area contributed by atoms with Crippen LogP contribution in [0.25, 0.3) is 5.69 Å². The highest BCUT2D eigenvalue weighted by atomic mass is 35.5. The molecule has 0 bridgehead atoms. The summed E-state index contributed by atoms with van der Waals surface area (Å²) in [7, 11) is 0. The summed E-state index contributed by atoms with van der Waals surface area (Å²) in [4.78, 5) is 51.2. The van der Waals surface area contributed by atoms with Crippen molar-refractivity contribution in [2.75, 3.05) is 22.9 Å². The number of nitrogens with zero attached hydrogens (tertiary/aromatic N) is 7. The monoisotopic (exact) mass is 485 g/mol. The van der Waals surface area contributed by atoms with Gasteiger partial charge in [0.05, 0.1) is 22.0 Å². The van der Waals surface area contributed by atoms with Gasteiger partial charge in [-0.1, -0.05) is 24.6 Å². The third kappa shape index (κ3) is 4.15. The molecular weight excluding hydrogens is 470 g/mol. The summed E-state index contributed by atoms with van der Waals surface area (Å²) in [6.45, 7) is 1.51. The van der Waals surface area contributed by atoms with Crippen LogP contribution in [0.1, 0.15) is 13.3 Å². The van der Waals surface area contributed by atoms with Gasteiger partial charge in [-0.2, -0.15) is 4.68 Å². The van der Waals surface area contributed by atoms with E-state index in [1.807, 2.05) is 0 Å². The van der Waals surface area contributed by atoms with E-state index in [9.17, 15) is 24.5 Å². The molecule has 0 saturated carbocycles. The molecule has 13 nitrogen and oxygen atoms in total. The van der Waals surface area contributed by atoms with Crippen LogP contribution in [0.15, 0.2) is 42.7 Å². The summed E-state index contributed by atoms with van der Waals surface area (Å²) in [6, 6.07) is 8.55. The van der Waals surface area contributed by atoms with Crippen molar-refractivity contribution in [1.82, 2.24) is 20.2 Å². The Morgan fingerprint density at radius 2 is 1.82 bits per heavy atom. The van der Waals surface area contributed by atoms with E-state index in [0.29, 0.717) is 16.4 Å². The molecule has 1 fully saturated rings. The van der Waals surface area contributed by atoms with Crippen molar-refractivity contribution in [2.24, 2.45) is 0 Å². The molecule has 34 heavy (non-hydrogen) atoms. The highest BCUT2D eigenvalue weighted by Crippen LogP contribution is 2.39. The first-order valence-electron chi connectivity index (χ1n) is 9.96. The van der Waals surface area contributed by atoms with Gasteiger partial charge in [0, 0.05) is 30.6 Å². The van der Waals surface area contributed by atoms with Gasteiger partial charge in [0.2, 0.25) is 5.75 Å². The molecule has 2 aromatic carbocycles. The van der Waals surface area contributed by atoms with Gasteiger partial charge >= 0.3 is 23.5 Å². The summed E-state index contributed by atoms with van der Waals surface area (Å²) >= 11 is 6.13. The Bertz CT molecular complexity index is 1300. The summed E-state index contributed by atoms with van der Waals surface area (Å²) in [6.07, 6.45) is 1.29. The number of nitro benzene ring substituents is 1. The Balaban J connectivity index is 1.71. The quantitative estimate of drug-likeness (QED) is 0.167. The van der Waals surface area contributed by atoms with Crippen molar-refractivity contribution in [3.63, 3.8) is 0 Å². The molecular formula is C20H16ClN7O6. The maximum atomic E-state index is 13.1. The van der Waals surface area contributed by atoms with Crippen LogP contribution >= 0.6 is 11.6 Å². The van der Waals surface area contributed by atoms with Gasteiger partial charge in [0.25, 0.3) is 0 Å². The van der Waals surface area contributed by atoms with Crippen LogP contribution in [-0.2, 0) is 14.4 Å². The zero-order chi connectivity index (χ0) is 24.4. The Kier molecular flexibility index (Phi) is 6.19. The minimum absolute atomic E-state index is 0.0178. The maximum Gasteiger partial charge on any atom is 0.317 e. The topological polar surface area (TPSA) is 154 Å². The highest BCUT2D eigenvalue weighted by molar-refractivity contribution is 6.46. The van der Waals surface area contributed by atoms with Crippen LogP contribution in [0.5, 0.6) is 5.75 Å². The fourth-order valence-corrected chi connectivity index (χ4v) is 3.60. The van der Waals surface area contributed by atoms with E-state index in [0.717, 1.165) is 11.0 Å². The smallest absolute Gasteiger partial charge is 0.317 e. The van der Waals surface area contributed by atoms with Crippen LogP contribution in [0.2, 0.25) is 5.02 Å². The molecule has 1 aliphatic rings. The molecule has 0 spiro atoms. The molecule has 14 heteroatoms. The number of tetrazole rings is 1. The number of carbonyl (C=O) groups is 3. The van der Waals surface area contributed by atoms with Crippen molar-refractivity contribution in [1.29, 1.82) is 0 Å². The number of benzene rings is 2. The molecule has 1 saturated heterocycles. The van der Waals surface area contributed by atoms with Gasteiger partial charge in [0.15, 0.2) is 0 Å². The van der Waals surface area contributed by atoms with Crippen molar-refractivity contribution in [2.45, 2.75) is 13.3 Å². The number of rotatable bonds is 6. The number of hydrogen-bond donors (Lipinski definition) is 0. The third-order valence-electron chi connectivity index (χ3n) is 5.01. The van der Waals surface area contributed by atoms with Crippen LogP contribution < -0.4 is 14.5 Å². The molecule has 0 radical (unpaired) electrons. The summed E-state index contributed by atoms with van der Waals surface area (Å²) in [5, 5.41) is 22.8. The Labute approximate surface area is 196 Å². The Morgan fingerprint density at radius 1 is 1.12 bits per heavy atom. The number of hydrogen-bond acceptors (Lipinski definition) is 9. The van der Waals surface area contributed by atoms with Gasteiger partial charge in [-0.3, -0.25) is 29.4 Å². The number of carbonyl (C=O) groups excluding carboxylic acids is 3. The number of aromatic nitrogens is 4. The number of nitro groups is 1. The first-order valence-corrected chi connectivity index (χ1v) is 10.3. The molecule has 0 unspecified atom stereocenters. The first-order chi connectivity index (χ1) is 16.3. The molecule has 0 N–H and O–H groups in total. The molecule has 4 rings (SSSR count). The van der Waals surface area contributed by atoms with Crippen LogP contribution in [-0.4, -0.2) is 56.0 Å². The second-order valence-electron chi connectivity index (χ2n) is 7.01. The number of amides is 2. The standard InChI is InChI=1S/C20H16ClN7O6/c1-2-17(29)34-18-14(4-3-5-15(18)28(32)33)25-8-9-26(20(31)19(25)30)16-10-12(21)6-7-13(16)27-11-22-23-24-27/h3-7,10-11H,2,8-9H2,1H3. The minimum Gasteiger partial charge on any atom is -0.417 e. The molecule has 2 heterocycles. The third-order valence-corrected chi connectivity index (χ3v) is 5.25. The Morgan fingerprint density at radius 3 is 2.44 bits per heavy atom. The number of piperazine rings is 1. The van der Waals surface area contributed by atoms with Crippen molar-refractivity contribution >= 4 is 46.4 Å². The number of anilines is 2. The van der Waals surface area contributed by atoms with Crippen molar-refractivity contribution in [3.05, 3.63) is 57.9 Å². The van der Waals surface area contributed by atoms with Gasteiger partial charge in [-0.05, 0) is 34.7 Å². The van der Waals surface area contributed by atoms with Gasteiger partial charge in [-0.25, -0.2) is 0 Å². The fraction of sp³-hybridized carbons (Fsp3) is 0.200. The lowest BCUT2D eigenvalue weighted by Crippen LogP contribution is -2.55. The highest BCUT2D eigenvalue weighted by Gasteiger charge is 2.38. The van der Waals surface area contributed by atoms with E-state index >= 15 is 0 Å². The summed E-state index contributed by atoms with van der Waals surface area (Å²) in [5.74, 6) is -3.01. The predicted molar refractivity (Wildman–Crippen MR) is 118 cm³/mol. The zero-order valence-corrected chi connectivity index (χ0v) is 18.4. The average molecular weight is 486 g/mol. The first kappa shape index (κ1) is 22.8. The van der Waals surface area contributed by atoms with Crippen molar-refractivity contribution < 1.29 is 24.0 Å². The number of para-hydroxylation sites is 1. The molecule has 174 valence electrons. The second kappa shape index (κ2) is 9.23. The van der Waals surface area contributed by atoms with Gasteiger partial charge < -0.3 is 9.64 Å². The fourth-order valence-electron chi connectivity index (χ4n) is 3.43. The van der Waals surface area contributed by atoms with E-state index in [4.69, 9.17) is 16.3 Å². The lowest BCUT2D eigenvalue weighted by molar-refractivity contribution is -0.385. The zero-order valence-electron chi connectivity index (χ0n) is 17.6. The van der Waals surface area contributed by atoms with E-state index in [2.05, 4.69) is 15.5 Å². The molecule has 1 aromatic heterocycles. The van der Waals surface area contributed by atoms with E-state index in [-0.39, 0.29) is 25.2 Å². The van der Waals surface area contributed by atoms with Crippen molar-refractivity contribution in [3.8, 4) is 11.4 Å². The molecule has 1 aliphatic heterocycles. The number of halogens is 1. The van der Waals surface area contributed by atoms with E-state index in [1.54, 1.807) is 12.1 Å². The van der Waals surface area contributed by atoms with Gasteiger partial charge in [-0.15, -0.1) is 5.10 Å². The number of ether oxygens (including phenoxy) is 1. The Hall–Kier alpha value is -4.39. The van der Waals surface area contributed by atoms with Crippen LogP contribution in [0.3, 0.4) is 0 Å². The SMILES string of the molecule is CCC(=O)Oc1c(N2CCN(c3cc(Cl)ccc3-n3cnnn3)C(=O)C2=O)cccc1[N+](=O)[O-].